The summed E-state index contributed by atoms with van der Waals surface area (Å²) in [6, 6.07) is 0.626. The summed E-state index contributed by atoms with van der Waals surface area (Å²) in [5.74, 6) is 0.765. The molecule has 1 fully saturated rings. The van der Waals surface area contributed by atoms with Crippen LogP contribution in [0.15, 0.2) is 0 Å². The Balaban J connectivity index is 2.59. The number of piperidine rings is 1. The number of urea groups is 1. The van der Waals surface area contributed by atoms with Crippen LogP contribution < -0.4 is 0 Å². The molecule has 1 aliphatic rings. The van der Waals surface area contributed by atoms with E-state index in [9.17, 15) is 4.79 Å². The molecule has 0 radical (unpaired) electrons. The summed E-state index contributed by atoms with van der Waals surface area (Å²) >= 11 is 0. The molecule has 0 N–H and O–H groups in total. The molecular formula is C12H24N2O. The Morgan fingerprint density at radius 3 is 2.40 bits per heavy atom. The number of carbonyl (C=O) groups is 1. The fourth-order valence-electron chi connectivity index (χ4n) is 2.37. The molecule has 0 bridgehead atoms. The zero-order valence-corrected chi connectivity index (χ0v) is 10.5. The Morgan fingerprint density at radius 1 is 1.33 bits per heavy atom. The van der Waals surface area contributed by atoms with Gasteiger partial charge in [0, 0.05) is 25.7 Å². The molecule has 2 atom stereocenters. The number of rotatable bonds is 2. The summed E-state index contributed by atoms with van der Waals surface area (Å²) in [5, 5.41) is 0. The molecule has 0 aliphatic carbocycles. The topological polar surface area (TPSA) is 23.6 Å². The first kappa shape index (κ1) is 12.3. The Bertz CT molecular complexity index is 214. The zero-order chi connectivity index (χ0) is 11.4. The van der Waals surface area contributed by atoms with Crippen LogP contribution in [0.25, 0.3) is 0 Å². The summed E-state index contributed by atoms with van der Waals surface area (Å²) < 4.78 is 0. The second kappa shape index (κ2) is 5.38. The summed E-state index contributed by atoms with van der Waals surface area (Å²) in [4.78, 5) is 16.1. The van der Waals surface area contributed by atoms with Gasteiger partial charge >= 0.3 is 6.03 Å². The molecular weight excluding hydrogens is 188 g/mol. The molecule has 2 unspecified atom stereocenters. The molecule has 1 saturated heterocycles. The van der Waals surface area contributed by atoms with Gasteiger partial charge in [-0.2, -0.15) is 0 Å². The molecule has 0 aromatic rings. The number of nitrogens with zero attached hydrogens (tertiary/aromatic N) is 2. The maximum absolute atomic E-state index is 12.1. The fourth-order valence-corrected chi connectivity index (χ4v) is 2.37. The van der Waals surface area contributed by atoms with Crippen LogP contribution in [0.5, 0.6) is 0 Å². The number of likely N-dealkylation sites (tertiary alicyclic amines) is 1. The van der Waals surface area contributed by atoms with Crippen molar-refractivity contribution in [3.05, 3.63) is 0 Å². The van der Waals surface area contributed by atoms with E-state index in [4.69, 9.17) is 0 Å². The number of carbonyl (C=O) groups excluding carboxylic acids is 1. The van der Waals surface area contributed by atoms with Gasteiger partial charge in [-0.25, -0.2) is 4.79 Å². The first-order chi connectivity index (χ1) is 7.10. The molecule has 1 heterocycles. The van der Waals surface area contributed by atoms with Crippen molar-refractivity contribution >= 4 is 6.03 Å². The lowest BCUT2D eigenvalue weighted by Crippen LogP contribution is -2.50. The molecule has 88 valence electrons. The van der Waals surface area contributed by atoms with E-state index in [0.29, 0.717) is 6.04 Å². The Kier molecular flexibility index (Phi) is 4.43. The summed E-state index contributed by atoms with van der Waals surface area (Å²) in [7, 11) is 0. The molecule has 2 amide bonds. The van der Waals surface area contributed by atoms with E-state index in [1.165, 1.54) is 0 Å². The standard InChI is InChI=1S/C12H24N2O/c1-5-13(6-2)12(15)14-8-7-10(3)9-11(14)4/h10-11H,5-9H2,1-4H3. The predicted octanol–water partition coefficient (Wildman–Crippen LogP) is 2.57. The fraction of sp³-hybridized carbons (Fsp3) is 0.917. The molecule has 0 saturated carbocycles. The van der Waals surface area contributed by atoms with Crippen LogP contribution in [0.1, 0.15) is 40.5 Å². The molecule has 1 rings (SSSR count). The molecule has 1 aliphatic heterocycles. The van der Waals surface area contributed by atoms with Crippen molar-refractivity contribution in [1.82, 2.24) is 9.80 Å². The van der Waals surface area contributed by atoms with Crippen LogP contribution in [0, 0.1) is 5.92 Å². The minimum absolute atomic E-state index is 0.222. The monoisotopic (exact) mass is 212 g/mol. The average molecular weight is 212 g/mol. The van der Waals surface area contributed by atoms with E-state index in [2.05, 4.69) is 13.8 Å². The van der Waals surface area contributed by atoms with Gasteiger partial charge in [-0.3, -0.25) is 0 Å². The lowest BCUT2D eigenvalue weighted by molar-refractivity contribution is 0.110. The van der Waals surface area contributed by atoms with Gasteiger partial charge in [0.05, 0.1) is 0 Å². The minimum atomic E-state index is 0.222. The maximum Gasteiger partial charge on any atom is 0.320 e. The first-order valence-electron chi connectivity index (χ1n) is 6.15. The van der Waals surface area contributed by atoms with E-state index in [-0.39, 0.29) is 6.03 Å². The van der Waals surface area contributed by atoms with Crippen LogP contribution in [-0.2, 0) is 0 Å². The summed E-state index contributed by atoms with van der Waals surface area (Å²) in [5.41, 5.74) is 0. The van der Waals surface area contributed by atoms with Crippen molar-refractivity contribution in [3.63, 3.8) is 0 Å². The predicted molar refractivity (Wildman–Crippen MR) is 62.9 cm³/mol. The largest absolute Gasteiger partial charge is 0.325 e. The number of hydrogen-bond acceptors (Lipinski definition) is 1. The Labute approximate surface area is 93.4 Å². The van der Waals surface area contributed by atoms with Crippen LogP contribution >= 0.6 is 0 Å². The van der Waals surface area contributed by atoms with E-state index in [1.54, 1.807) is 0 Å². The normalized spacial score (nSPS) is 26.5. The van der Waals surface area contributed by atoms with Crippen molar-refractivity contribution in [1.29, 1.82) is 0 Å². The molecule has 3 nitrogen and oxygen atoms in total. The third-order valence-electron chi connectivity index (χ3n) is 3.42. The van der Waals surface area contributed by atoms with Gasteiger partial charge in [0.1, 0.15) is 0 Å². The third-order valence-corrected chi connectivity index (χ3v) is 3.42. The van der Waals surface area contributed by atoms with Crippen LogP contribution in [0.4, 0.5) is 4.79 Å². The van der Waals surface area contributed by atoms with Crippen LogP contribution in [-0.4, -0.2) is 41.5 Å². The van der Waals surface area contributed by atoms with Gasteiger partial charge in [-0.1, -0.05) is 6.92 Å². The summed E-state index contributed by atoms with van der Waals surface area (Å²) in [6.07, 6.45) is 2.30. The SMILES string of the molecule is CCN(CC)C(=O)N1CCC(C)CC1C. The highest BCUT2D eigenvalue weighted by Gasteiger charge is 2.28. The molecule has 3 heteroatoms. The first-order valence-corrected chi connectivity index (χ1v) is 6.15. The number of amides is 2. The average Bonchev–Trinajstić information content (AvgIpc) is 2.19. The quantitative estimate of drug-likeness (QED) is 0.690. The van der Waals surface area contributed by atoms with Crippen molar-refractivity contribution in [2.75, 3.05) is 19.6 Å². The molecule has 0 spiro atoms. The van der Waals surface area contributed by atoms with Gasteiger partial charge in [-0.15, -0.1) is 0 Å². The smallest absolute Gasteiger partial charge is 0.320 e. The van der Waals surface area contributed by atoms with Crippen LogP contribution in [0.3, 0.4) is 0 Å². The Hall–Kier alpha value is -0.730. The second-order valence-electron chi connectivity index (χ2n) is 4.63. The lowest BCUT2D eigenvalue weighted by Gasteiger charge is -2.39. The van der Waals surface area contributed by atoms with Gasteiger partial charge < -0.3 is 9.80 Å². The lowest BCUT2D eigenvalue weighted by atomic mass is 9.94. The minimum Gasteiger partial charge on any atom is -0.325 e. The van der Waals surface area contributed by atoms with Crippen molar-refractivity contribution in [2.45, 2.75) is 46.6 Å². The van der Waals surface area contributed by atoms with E-state index < -0.39 is 0 Å². The third kappa shape index (κ3) is 2.86. The van der Waals surface area contributed by atoms with Gasteiger partial charge in [-0.05, 0) is 39.5 Å². The van der Waals surface area contributed by atoms with Crippen LogP contribution in [0.2, 0.25) is 0 Å². The van der Waals surface area contributed by atoms with Crippen molar-refractivity contribution in [2.24, 2.45) is 5.92 Å². The highest BCUT2D eigenvalue weighted by atomic mass is 16.2. The zero-order valence-electron chi connectivity index (χ0n) is 10.5. The van der Waals surface area contributed by atoms with Gasteiger partial charge in [0.15, 0.2) is 0 Å². The van der Waals surface area contributed by atoms with Crippen molar-refractivity contribution < 1.29 is 4.79 Å². The molecule has 0 aromatic heterocycles. The summed E-state index contributed by atoms with van der Waals surface area (Å²) in [6.45, 7) is 11.1. The number of hydrogen-bond donors (Lipinski definition) is 0. The van der Waals surface area contributed by atoms with Gasteiger partial charge in [0.25, 0.3) is 0 Å². The Morgan fingerprint density at radius 2 is 1.93 bits per heavy atom. The van der Waals surface area contributed by atoms with E-state index >= 15 is 0 Å². The van der Waals surface area contributed by atoms with Crippen molar-refractivity contribution in [3.8, 4) is 0 Å². The molecule has 15 heavy (non-hydrogen) atoms. The highest BCUT2D eigenvalue weighted by Crippen LogP contribution is 2.22. The molecule has 0 aromatic carbocycles. The van der Waals surface area contributed by atoms with E-state index in [1.807, 2.05) is 23.6 Å². The second-order valence-corrected chi connectivity index (χ2v) is 4.63. The highest BCUT2D eigenvalue weighted by molar-refractivity contribution is 5.74. The van der Waals surface area contributed by atoms with E-state index in [0.717, 1.165) is 38.4 Å². The van der Waals surface area contributed by atoms with Gasteiger partial charge in [0.2, 0.25) is 0 Å². The maximum atomic E-state index is 12.1.